The van der Waals surface area contributed by atoms with E-state index in [-0.39, 0.29) is 6.04 Å². The SMILES string of the molecule is CN(CCc1cccs1)CCC(N)c1cccc(Br)c1. The van der Waals surface area contributed by atoms with Crippen LogP contribution in [0.25, 0.3) is 0 Å². The Bertz CT molecular complexity index is 513. The number of thiophene rings is 1. The van der Waals surface area contributed by atoms with E-state index in [4.69, 9.17) is 5.73 Å². The second-order valence-corrected chi connectivity index (χ2v) is 7.03. The Hall–Kier alpha value is -0.680. The lowest BCUT2D eigenvalue weighted by molar-refractivity contribution is 0.323. The van der Waals surface area contributed by atoms with Crippen molar-refractivity contribution in [2.24, 2.45) is 5.73 Å². The van der Waals surface area contributed by atoms with Crippen LogP contribution < -0.4 is 5.73 Å². The van der Waals surface area contributed by atoms with Crippen molar-refractivity contribution in [3.05, 3.63) is 56.7 Å². The highest BCUT2D eigenvalue weighted by atomic mass is 79.9. The average Bonchev–Trinajstić information content (AvgIpc) is 2.95. The van der Waals surface area contributed by atoms with Gasteiger partial charge in [-0.05, 0) is 55.6 Å². The summed E-state index contributed by atoms with van der Waals surface area (Å²) in [5.41, 5.74) is 7.46. The summed E-state index contributed by atoms with van der Waals surface area (Å²) in [7, 11) is 2.17. The molecule has 20 heavy (non-hydrogen) atoms. The van der Waals surface area contributed by atoms with Crippen LogP contribution in [0.15, 0.2) is 46.3 Å². The highest BCUT2D eigenvalue weighted by molar-refractivity contribution is 9.10. The molecule has 1 unspecified atom stereocenters. The van der Waals surface area contributed by atoms with Crippen molar-refractivity contribution in [3.8, 4) is 0 Å². The van der Waals surface area contributed by atoms with Gasteiger partial charge in [0, 0.05) is 21.9 Å². The number of nitrogens with two attached hydrogens (primary N) is 1. The van der Waals surface area contributed by atoms with Crippen LogP contribution >= 0.6 is 27.3 Å². The molecule has 0 aliphatic carbocycles. The van der Waals surface area contributed by atoms with E-state index in [9.17, 15) is 0 Å². The van der Waals surface area contributed by atoms with Gasteiger partial charge in [-0.15, -0.1) is 11.3 Å². The molecule has 0 fully saturated rings. The molecule has 2 N–H and O–H groups in total. The molecule has 0 aliphatic heterocycles. The van der Waals surface area contributed by atoms with Crippen molar-refractivity contribution in [2.45, 2.75) is 18.9 Å². The number of rotatable bonds is 7. The van der Waals surface area contributed by atoms with Gasteiger partial charge in [-0.2, -0.15) is 0 Å². The number of hydrogen-bond acceptors (Lipinski definition) is 3. The summed E-state index contributed by atoms with van der Waals surface area (Å²) in [6, 6.07) is 12.7. The summed E-state index contributed by atoms with van der Waals surface area (Å²) < 4.78 is 1.09. The molecule has 1 heterocycles. The molecule has 0 radical (unpaired) electrons. The Morgan fingerprint density at radius 2 is 2.10 bits per heavy atom. The zero-order chi connectivity index (χ0) is 14.4. The van der Waals surface area contributed by atoms with Crippen LogP contribution in [0.1, 0.15) is 22.9 Å². The first kappa shape index (κ1) is 15.7. The molecule has 0 amide bonds. The van der Waals surface area contributed by atoms with E-state index in [1.807, 2.05) is 23.5 Å². The third-order valence-electron chi connectivity index (χ3n) is 3.42. The van der Waals surface area contributed by atoms with Gasteiger partial charge in [-0.25, -0.2) is 0 Å². The quantitative estimate of drug-likeness (QED) is 0.813. The second-order valence-electron chi connectivity index (χ2n) is 5.08. The van der Waals surface area contributed by atoms with Gasteiger partial charge < -0.3 is 10.6 Å². The Kier molecular flexibility index (Phi) is 6.23. The minimum absolute atomic E-state index is 0.108. The van der Waals surface area contributed by atoms with Crippen molar-refractivity contribution in [3.63, 3.8) is 0 Å². The lowest BCUT2D eigenvalue weighted by Crippen LogP contribution is -2.25. The van der Waals surface area contributed by atoms with Crippen molar-refractivity contribution in [2.75, 3.05) is 20.1 Å². The fourth-order valence-corrected chi connectivity index (χ4v) is 3.25. The molecule has 108 valence electrons. The van der Waals surface area contributed by atoms with Crippen molar-refractivity contribution < 1.29 is 0 Å². The minimum atomic E-state index is 0.108. The average molecular weight is 353 g/mol. The van der Waals surface area contributed by atoms with Crippen molar-refractivity contribution in [1.29, 1.82) is 0 Å². The fraction of sp³-hybridized carbons (Fsp3) is 0.375. The number of hydrogen-bond donors (Lipinski definition) is 1. The predicted octanol–water partition coefficient (Wildman–Crippen LogP) is 4.08. The van der Waals surface area contributed by atoms with Crippen LogP contribution in [0, 0.1) is 0 Å². The normalized spacial score (nSPS) is 12.8. The number of halogens is 1. The van der Waals surface area contributed by atoms with E-state index >= 15 is 0 Å². The van der Waals surface area contributed by atoms with Crippen LogP contribution in [0.5, 0.6) is 0 Å². The molecule has 0 aliphatic rings. The molecular weight excluding hydrogens is 332 g/mol. The molecule has 2 aromatic rings. The van der Waals surface area contributed by atoms with Crippen LogP contribution in [0.2, 0.25) is 0 Å². The second kappa shape index (κ2) is 7.93. The largest absolute Gasteiger partial charge is 0.324 e. The predicted molar refractivity (Wildman–Crippen MR) is 91.2 cm³/mol. The molecule has 2 nitrogen and oxygen atoms in total. The van der Waals surface area contributed by atoms with E-state index in [1.165, 1.54) is 10.4 Å². The minimum Gasteiger partial charge on any atom is -0.324 e. The van der Waals surface area contributed by atoms with Crippen LogP contribution in [-0.2, 0) is 6.42 Å². The van der Waals surface area contributed by atoms with Crippen molar-refractivity contribution in [1.82, 2.24) is 4.90 Å². The first-order valence-corrected chi connectivity index (χ1v) is 8.54. The number of likely N-dealkylation sites (N-methyl/N-ethyl adjacent to an activating group) is 1. The third kappa shape index (κ3) is 5.02. The van der Waals surface area contributed by atoms with E-state index in [0.717, 1.165) is 30.4 Å². The molecule has 0 spiro atoms. The van der Waals surface area contributed by atoms with E-state index < -0.39 is 0 Å². The molecule has 2 rings (SSSR count). The molecule has 1 atom stereocenters. The van der Waals surface area contributed by atoms with Gasteiger partial charge in [0.2, 0.25) is 0 Å². The smallest absolute Gasteiger partial charge is 0.0307 e. The maximum Gasteiger partial charge on any atom is 0.0307 e. The Labute approximate surface area is 133 Å². The summed E-state index contributed by atoms with van der Waals surface area (Å²) in [6.07, 6.45) is 2.11. The first-order chi connectivity index (χ1) is 9.65. The standard InChI is InChI=1S/C16H21BrN2S/c1-19(9-7-15-6-3-11-20-15)10-8-16(18)13-4-2-5-14(17)12-13/h2-6,11-12,16H,7-10,18H2,1H3. The zero-order valence-corrected chi connectivity index (χ0v) is 14.2. The maximum atomic E-state index is 6.26. The van der Waals surface area contributed by atoms with E-state index in [1.54, 1.807) is 0 Å². The number of benzene rings is 1. The van der Waals surface area contributed by atoms with Crippen LogP contribution in [0.3, 0.4) is 0 Å². The number of nitrogens with zero attached hydrogens (tertiary/aromatic N) is 1. The van der Waals surface area contributed by atoms with Gasteiger partial charge in [0.1, 0.15) is 0 Å². The molecule has 0 bridgehead atoms. The van der Waals surface area contributed by atoms with Gasteiger partial charge in [0.05, 0.1) is 0 Å². The topological polar surface area (TPSA) is 29.3 Å². The summed E-state index contributed by atoms with van der Waals surface area (Å²) in [6.45, 7) is 2.12. The molecule has 0 saturated heterocycles. The Balaban J connectivity index is 1.73. The zero-order valence-electron chi connectivity index (χ0n) is 11.8. The van der Waals surface area contributed by atoms with E-state index in [2.05, 4.69) is 57.5 Å². The Morgan fingerprint density at radius 3 is 2.80 bits per heavy atom. The highest BCUT2D eigenvalue weighted by Crippen LogP contribution is 2.19. The monoisotopic (exact) mass is 352 g/mol. The molecule has 1 aromatic heterocycles. The lowest BCUT2D eigenvalue weighted by Gasteiger charge is -2.19. The first-order valence-electron chi connectivity index (χ1n) is 6.87. The fourth-order valence-electron chi connectivity index (χ4n) is 2.13. The third-order valence-corrected chi connectivity index (χ3v) is 4.85. The van der Waals surface area contributed by atoms with Crippen LogP contribution in [0.4, 0.5) is 0 Å². The summed E-state index contributed by atoms with van der Waals surface area (Å²) in [4.78, 5) is 3.81. The van der Waals surface area contributed by atoms with Gasteiger partial charge in [0.25, 0.3) is 0 Å². The van der Waals surface area contributed by atoms with Crippen LogP contribution in [-0.4, -0.2) is 25.0 Å². The van der Waals surface area contributed by atoms with Gasteiger partial charge in [-0.3, -0.25) is 0 Å². The van der Waals surface area contributed by atoms with Gasteiger partial charge in [0.15, 0.2) is 0 Å². The van der Waals surface area contributed by atoms with E-state index in [0.29, 0.717) is 0 Å². The Morgan fingerprint density at radius 1 is 1.25 bits per heavy atom. The summed E-state index contributed by atoms with van der Waals surface area (Å²) >= 11 is 5.32. The maximum absolute atomic E-state index is 6.26. The van der Waals surface area contributed by atoms with Gasteiger partial charge in [-0.1, -0.05) is 34.1 Å². The lowest BCUT2D eigenvalue weighted by atomic mass is 10.0. The molecule has 4 heteroatoms. The molecular formula is C16H21BrN2S. The summed E-state index contributed by atoms with van der Waals surface area (Å²) in [5.74, 6) is 0. The van der Waals surface area contributed by atoms with Gasteiger partial charge >= 0.3 is 0 Å². The molecule has 0 saturated carbocycles. The molecule has 1 aromatic carbocycles. The highest BCUT2D eigenvalue weighted by Gasteiger charge is 2.08. The summed E-state index contributed by atoms with van der Waals surface area (Å²) in [5, 5.41) is 2.14. The van der Waals surface area contributed by atoms with Crippen molar-refractivity contribution >= 4 is 27.3 Å².